The van der Waals surface area contributed by atoms with Crippen molar-refractivity contribution in [3.63, 3.8) is 0 Å². The molecule has 0 radical (unpaired) electrons. The van der Waals surface area contributed by atoms with E-state index in [9.17, 15) is 27.6 Å². The third-order valence-electron chi connectivity index (χ3n) is 6.37. The average Bonchev–Trinajstić information content (AvgIpc) is 2.87. The molecule has 1 fully saturated rings. The molecule has 1 atom stereocenters. The molecule has 4 rings (SSSR count). The molecule has 0 aliphatic carbocycles. The van der Waals surface area contributed by atoms with Gasteiger partial charge in [0.25, 0.3) is 0 Å². The number of aromatic nitrogens is 3. The van der Waals surface area contributed by atoms with Crippen molar-refractivity contribution in [2.24, 2.45) is 0 Å². The Morgan fingerprint density at radius 3 is 2.73 bits per heavy atom. The molecule has 196 valence electrons. The van der Waals surface area contributed by atoms with Crippen LogP contribution in [-0.4, -0.2) is 64.6 Å². The molecule has 0 unspecified atom stereocenters. The number of hydrogen-bond donors (Lipinski definition) is 0. The van der Waals surface area contributed by atoms with Crippen molar-refractivity contribution in [2.75, 3.05) is 42.6 Å². The zero-order valence-corrected chi connectivity index (χ0v) is 20.1. The topological polar surface area (TPSA) is 98.5 Å². The second-order valence-corrected chi connectivity index (χ2v) is 8.57. The fourth-order valence-corrected chi connectivity index (χ4v) is 4.73. The SMILES string of the molecule is C=CC(=O)N1CCN(c2nc(OCC)nc3c2CCN(c2cncc(F)c2C(F)(F)F)C3)C[C@@H]1CC#N. The van der Waals surface area contributed by atoms with Gasteiger partial charge in [-0.3, -0.25) is 9.78 Å². The van der Waals surface area contributed by atoms with Gasteiger partial charge >= 0.3 is 12.2 Å². The van der Waals surface area contributed by atoms with Crippen LogP contribution in [-0.2, 0) is 23.9 Å². The Morgan fingerprint density at radius 2 is 2.05 bits per heavy atom. The van der Waals surface area contributed by atoms with Gasteiger partial charge in [-0.1, -0.05) is 6.58 Å². The smallest absolute Gasteiger partial charge is 0.421 e. The highest BCUT2D eigenvalue weighted by Crippen LogP contribution is 2.40. The fraction of sp³-hybridized carbons (Fsp3) is 0.458. The third-order valence-corrected chi connectivity index (χ3v) is 6.37. The summed E-state index contributed by atoms with van der Waals surface area (Å²) in [6.45, 7) is 6.77. The maximum Gasteiger partial charge on any atom is 0.421 e. The predicted octanol–water partition coefficient (Wildman–Crippen LogP) is 3.11. The lowest BCUT2D eigenvalue weighted by Gasteiger charge is -2.42. The first-order chi connectivity index (χ1) is 17.7. The van der Waals surface area contributed by atoms with E-state index in [4.69, 9.17) is 4.74 Å². The standard InChI is InChI=1S/C24H25F4N7O2/c1-3-20(36)35-10-9-34(13-15(35)5-7-29)22-16-6-8-33(14-18(16)31-23(32-22)37-4-2)19-12-30-11-17(25)21(19)24(26,27)28/h3,11-12,15H,1,4-6,8-10,13-14H2,2H3/t15-/m0/s1. The number of hydrogen-bond acceptors (Lipinski definition) is 8. The van der Waals surface area contributed by atoms with Gasteiger partial charge < -0.3 is 19.4 Å². The van der Waals surface area contributed by atoms with Crippen LogP contribution in [0.25, 0.3) is 0 Å². The van der Waals surface area contributed by atoms with Crippen LogP contribution in [0.3, 0.4) is 0 Å². The van der Waals surface area contributed by atoms with E-state index in [0.717, 1.165) is 11.8 Å². The summed E-state index contributed by atoms with van der Waals surface area (Å²) in [6.07, 6.45) is -1.72. The van der Waals surface area contributed by atoms with Crippen LogP contribution in [0.15, 0.2) is 25.0 Å². The molecular weight excluding hydrogens is 494 g/mol. The molecular formula is C24H25F4N7O2. The fourth-order valence-electron chi connectivity index (χ4n) is 4.73. The van der Waals surface area contributed by atoms with Crippen LogP contribution in [0.4, 0.5) is 29.1 Å². The molecule has 2 aromatic rings. The zero-order valence-electron chi connectivity index (χ0n) is 20.1. The third kappa shape index (κ3) is 5.28. The highest BCUT2D eigenvalue weighted by atomic mass is 19.4. The first-order valence-corrected chi connectivity index (χ1v) is 11.7. The second-order valence-electron chi connectivity index (χ2n) is 8.57. The van der Waals surface area contributed by atoms with Crippen molar-refractivity contribution in [1.82, 2.24) is 19.9 Å². The molecule has 2 aliphatic rings. The van der Waals surface area contributed by atoms with Gasteiger partial charge in [0, 0.05) is 31.7 Å². The molecule has 13 heteroatoms. The number of carbonyl (C=O) groups is 1. The second kappa shape index (κ2) is 10.6. The van der Waals surface area contributed by atoms with Gasteiger partial charge in [0.2, 0.25) is 5.91 Å². The normalized spacial score (nSPS) is 17.7. The number of nitrogens with zero attached hydrogens (tertiary/aromatic N) is 7. The first-order valence-electron chi connectivity index (χ1n) is 11.7. The van der Waals surface area contributed by atoms with Crippen molar-refractivity contribution < 1.29 is 27.1 Å². The summed E-state index contributed by atoms with van der Waals surface area (Å²) in [7, 11) is 0. The zero-order chi connectivity index (χ0) is 26.7. The number of rotatable bonds is 6. The lowest BCUT2D eigenvalue weighted by Crippen LogP contribution is -2.55. The van der Waals surface area contributed by atoms with Gasteiger partial charge in [0.15, 0.2) is 5.82 Å². The van der Waals surface area contributed by atoms with E-state index in [2.05, 4.69) is 27.6 Å². The van der Waals surface area contributed by atoms with Crippen LogP contribution < -0.4 is 14.5 Å². The lowest BCUT2D eigenvalue weighted by atomic mass is 10.0. The Kier molecular flexibility index (Phi) is 7.47. The lowest BCUT2D eigenvalue weighted by molar-refractivity contribution is -0.139. The molecule has 2 aromatic heterocycles. The van der Waals surface area contributed by atoms with Crippen molar-refractivity contribution in [3.8, 4) is 12.1 Å². The number of nitriles is 1. The van der Waals surface area contributed by atoms with Crippen LogP contribution in [0.5, 0.6) is 6.01 Å². The molecule has 0 spiro atoms. The van der Waals surface area contributed by atoms with Gasteiger partial charge in [-0.2, -0.15) is 28.4 Å². The summed E-state index contributed by atoms with van der Waals surface area (Å²) >= 11 is 0. The first kappa shape index (κ1) is 26.1. The Hall–Kier alpha value is -3.95. The quantitative estimate of drug-likeness (QED) is 0.424. The molecule has 1 amide bonds. The molecule has 1 saturated heterocycles. The van der Waals surface area contributed by atoms with E-state index < -0.39 is 23.6 Å². The predicted molar refractivity (Wildman–Crippen MR) is 125 cm³/mol. The summed E-state index contributed by atoms with van der Waals surface area (Å²) in [5.41, 5.74) is -0.537. The Labute approximate surface area is 211 Å². The van der Waals surface area contributed by atoms with Gasteiger partial charge in [-0.25, -0.2) is 4.39 Å². The van der Waals surface area contributed by atoms with Crippen molar-refractivity contribution in [2.45, 2.75) is 38.5 Å². The molecule has 0 aromatic carbocycles. The van der Waals surface area contributed by atoms with E-state index in [1.54, 1.807) is 11.8 Å². The Bertz CT molecular complexity index is 1230. The van der Waals surface area contributed by atoms with E-state index >= 15 is 0 Å². The van der Waals surface area contributed by atoms with Crippen molar-refractivity contribution in [1.29, 1.82) is 5.26 Å². The van der Waals surface area contributed by atoms with Crippen LogP contribution in [0.2, 0.25) is 0 Å². The van der Waals surface area contributed by atoms with E-state index in [1.165, 1.54) is 11.0 Å². The Balaban J connectivity index is 1.70. The van der Waals surface area contributed by atoms with E-state index in [1.807, 2.05) is 4.90 Å². The summed E-state index contributed by atoms with van der Waals surface area (Å²) in [6, 6.07) is 1.78. The van der Waals surface area contributed by atoms with Crippen LogP contribution in [0.1, 0.15) is 30.2 Å². The molecule has 2 aliphatic heterocycles. The molecule has 9 nitrogen and oxygen atoms in total. The monoisotopic (exact) mass is 519 g/mol. The maximum absolute atomic E-state index is 14.2. The average molecular weight is 520 g/mol. The minimum atomic E-state index is -4.89. The highest BCUT2D eigenvalue weighted by molar-refractivity contribution is 5.87. The maximum atomic E-state index is 14.2. The van der Waals surface area contributed by atoms with Gasteiger partial charge in [-0.15, -0.1) is 0 Å². The summed E-state index contributed by atoms with van der Waals surface area (Å²) in [5, 5.41) is 9.29. The number of amides is 1. The summed E-state index contributed by atoms with van der Waals surface area (Å²) < 4.78 is 60.6. The molecule has 4 heterocycles. The summed E-state index contributed by atoms with van der Waals surface area (Å²) in [5.74, 6) is -1.15. The van der Waals surface area contributed by atoms with E-state index in [-0.39, 0.29) is 43.7 Å². The number of carbonyl (C=O) groups excluding carboxylic acids is 1. The van der Waals surface area contributed by atoms with Gasteiger partial charge in [0.05, 0.1) is 55.5 Å². The van der Waals surface area contributed by atoms with Crippen LogP contribution >= 0.6 is 0 Å². The number of piperazine rings is 1. The minimum absolute atomic E-state index is 0.0321. The molecule has 0 N–H and O–H groups in total. The molecule has 0 saturated carbocycles. The molecule has 37 heavy (non-hydrogen) atoms. The van der Waals surface area contributed by atoms with Crippen LogP contribution in [0, 0.1) is 17.1 Å². The molecule has 0 bridgehead atoms. The minimum Gasteiger partial charge on any atom is -0.464 e. The van der Waals surface area contributed by atoms with Gasteiger partial charge in [0.1, 0.15) is 11.4 Å². The largest absolute Gasteiger partial charge is 0.464 e. The van der Waals surface area contributed by atoms with Crippen molar-refractivity contribution in [3.05, 3.63) is 47.7 Å². The number of pyridine rings is 1. The summed E-state index contributed by atoms with van der Waals surface area (Å²) in [4.78, 5) is 29.8. The van der Waals surface area contributed by atoms with E-state index in [0.29, 0.717) is 43.8 Å². The number of alkyl halides is 3. The number of fused-ring (bicyclic) bond motifs is 1. The Morgan fingerprint density at radius 1 is 1.27 bits per heavy atom. The van der Waals surface area contributed by atoms with Gasteiger partial charge in [-0.05, 0) is 19.4 Å². The number of anilines is 2. The highest BCUT2D eigenvalue weighted by Gasteiger charge is 2.40. The number of halogens is 4. The van der Waals surface area contributed by atoms with Crippen molar-refractivity contribution >= 4 is 17.4 Å². The number of ether oxygens (including phenoxy) is 1.